The summed E-state index contributed by atoms with van der Waals surface area (Å²) in [4.78, 5) is 18.4. The lowest BCUT2D eigenvalue weighted by Gasteiger charge is -2.32. The van der Waals surface area contributed by atoms with E-state index in [0.717, 1.165) is 18.5 Å². The van der Waals surface area contributed by atoms with Crippen molar-refractivity contribution < 1.29 is 19.0 Å². The summed E-state index contributed by atoms with van der Waals surface area (Å²) in [7, 11) is 0. The quantitative estimate of drug-likeness (QED) is 0.719. The summed E-state index contributed by atoms with van der Waals surface area (Å²) in [6, 6.07) is 0. The van der Waals surface area contributed by atoms with Crippen molar-refractivity contribution in [1.29, 1.82) is 0 Å². The van der Waals surface area contributed by atoms with E-state index in [1.807, 2.05) is 27.0 Å². The minimum Gasteiger partial charge on any atom is -0.444 e. The van der Waals surface area contributed by atoms with E-state index in [1.54, 1.807) is 29.3 Å². The monoisotopic (exact) mass is 455 g/mol. The molecule has 28 heavy (non-hydrogen) atoms. The van der Waals surface area contributed by atoms with Gasteiger partial charge in [-0.05, 0) is 63.4 Å². The van der Waals surface area contributed by atoms with Crippen LogP contribution in [0.4, 0.5) is 9.18 Å². The molecule has 6 nitrogen and oxygen atoms in total. The number of aliphatic hydroxyl groups is 1. The Kier molecular flexibility index (Phi) is 5.49. The normalized spacial score (nSPS) is 16.6. The van der Waals surface area contributed by atoms with Gasteiger partial charge in [0.25, 0.3) is 0 Å². The van der Waals surface area contributed by atoms with Crippen LogP contribution in [-0.2, 0) is 10.3 Å². The summed E-state index contributed by atoms with van der Waals surface area (Å²) in [5, 5.41) is 10.3. The van der Waals surface area contributed by atoms with Crippen molar-refractivity contribution in [1.82, 2.24) is 14.3 Å². The minimum absolute atomic E-state index is 0.141. The summed E-state index contributed by atoms with van der Waals surface area (Å²) < 4.78 is 22.6. The number of hydrogen-bond acceptors (Lipinski definition) is 4. The number of likely N-dealkylation sites (tertiary alicyclic amines) is 1. The number of amides is 1. The molecule has 2 aromatic heterocycles. The van der Waals surface area contributed by atoms with Gasteiger partial charge >= 0.3 is 6.09 Å². The van der Waals surface area contributed by atoms with Crippen molar-refractivity contribution >= 4 is 27.7 Å². The topological polar surface area (TPSA) is 67.1 Å². The number of fused-ring (bicyclic) bond motifs is 1. The maximum absolute atomic E-state index is 15.0. The summed E-state index contributed by atoms with van der Waals surface area (Å²) in [5.41, 5.74) is -0.655. The molecule has 2 aromatic rings. The van der Waals surface area contributed by atoms with Crippen LogP contribution < -0.4 is 0 Å². The molecule has 1 fully saturated rings. The van der Waals surface area contributed by atoms with Crippen LogP contribution in [0.1, 0.15) is 64.6 Å². The Hall–Kier alpha value is -1.67. The number of hydrogen-bond donors (Lipinski definition) is 1. The first-order chi connectivity index (χ1) is 12.9. The van der Waals surface area contributed by atoms with Crippen molar-refractivity contribution in [2.75, 3.05) is 13.1 Å². The van der Waals surface area contributed by atoms with Gasteiger partial charge in [-0.15, -0.1) is 0 Å². The van der Waals surface area contributed by atoms with Gasteiger partial charge in [0.15, 0.2) is 11.5 Å². The van der Waals surface area contributed by atoms with E-state index in [1.165, 1.54) is 0 Å². The highest BCUT2D eigenvalue weighted by atomic mass is 79.9. The lowest BCUT2D eigenvalue weighted by Crippen LogP contribution is -2.41. The van der Waals surface area contributed by atoms with Gasteiger partial charge in [-0.1, -0.05) is 0 Å². The molecule has 1 aliphatic heterocycles. The molecule has 8 heteroatoms. The van der Waals surface area contributed by atoms with Crippen molar-refractivity contribution in [3.05, 3.63) is 33.9 Å². The second-order valence-electron chi connectivity index (χ2n) is 8.86. The van der Waals surface area contributed by atoms with Crippen LogP contribution >= 0.6 is 15.9 Å². The first kappa shape index (κ1) is 21.0. The molecule has 0 bridgehead atoms. The molecule has 0 atom stereocenters. The van der Waals surface area contributed by atoms with Crippen LogP contribution in [0.5, 0.6) is 0 Å². The second kappa shape index (κ2) is 7.30. The van der Waals surface area contributed by atoms with Gasteiger partial charge in [-0.3, -0.25) is 0 Å². The first-order valence-electron chi connectivity index (χ1n) is 9.44. The number of aromatic nitrogens is 2. The van der Waals surface area contributed by atoms with Gasteiger partial charge in [0.2, 0.25) is 0 Å². The number of pyridine rings is 1. The maximum atomic E-state index is 15.0. The van der Waals surface area contributed by atoms with Crippen LogP contribution in [0, 0.1) is 5.82 Å². The van der Waals surface area contributed by atoms with E-state index in [-0.39, 0.29) is 23.2 Å². The number of ether oxygens (including phenoxy) is 1. The highest BCUT2D eigenvalue weighted by Crippen LogP contribution is 2.34. The average molecular weight is 456 g/mol. The van der Waals surface area contributed by atoms with Crippen LogP contribution in [0.2, 0.25) is 0 Å². The Morgan fingerprint density at radius 2 is 1.86 bits per heavy atom. The van der Waals surface area contributed by atoms with Crippen LogP contribution in [0.15, 0.2) is 16.9 Å². The summed E-state index contributed by atoms with van der Waals surface area (Å²) in [6.07, 6.45) is 4.73. The third-order valence-electron chi connectivity index (χ3n) is 4.83. The molecule has 3 rings (SSSR count). The van der Waals surface area contributed by atoms with Crippen molar-refractivity contribution in [3.63, 3.8) is 0 Å². The van der Waals surface area contributed by atoms with Gasteiger partial charge in [-0.2, -0.15) is 0 Å². The zero-order valence-electron chi connectivity index (χ0n) is 16.9. The maximum Gasteiger partial charge on any atom is 0.410 e. The number of rotatable bonds is 2. The summed E-state index contributed by atoms with van der Waals surface area (Å²) >= 11 is 3.35. The molecule has 1 aliphatic rings. The standard InChI is InChI=1S/C20H27BrFN3O3/c1-19(2,3)28-18(26)24-8-6-12(7-9-24)14-11-25-10-13(21)15(20(4,5)27)16(22)17(25)23-14/h10-12,27H,6-9H2,1-5H3. The lowest BCUT2D eigenvalue weighted by atomic mass is 9.94. The zero-order chi connectivity index (χ0) is 20.9. The predicted molar refractivity (Wildman–Crippen MR) is 108 cm³/mol. The van der Waals surface area contributed by atoms with E-state index in [4.69, 9.17) is 4.74 Å². The number of piperidine rings is 1. The average Bonchev–Trinajstić information content (AvgIpc) is 2.96. The minimum atomic E-state index is -1.32. The third kappa shape index (κ3) is 4.33. The molecule has 0 saturated carbocycles. The number of carbonyl (C=O) groups excluding carboxylic acids is 1. The lowest BCUT2D eigenvalue weighted by molar-refractivity contribution is 0.0204. The van der Waals surface area contributed by atoms with Crippen LogP contribution in [0.3, 0.4) is 0 Å². The Balaban J connectivity index is 1.79. The third-order valence-corrected chi connectivity index (χ3v) is 5.44. The van der Waals surface area contributed by atoms with Gasteiger partial charge in [-0.25, -0.2) is 14.2 Å². The van der Waals surface area contributed by atoms with E-state index in [9.17, 15) is 14.3 Å². The number of imidazole rings is 1. The van der Waals surface area contributed by atoms with Crippen LogP contribution in [-0.4, -0.2) is 44.2 Å². The summed E-state index contributed by atoms with van der Waals surface area (Å²) in [6.45, 7) is 9.80. The summed E-state index contributed by atoms with van der Waals surface area (Å²) in [5.74, 6) is -0.387. The van der Waals surface area contributed by atoms with E-state index >= 15 is 0 Å². The fraction of sp³-hybridized carbons (Fsp3) is 0.600. The fourth-order valence-electron chi connectivity index (χ4n) is 3.52. The Morgan fingerprint density at radius 1 is 1.25 bits per heavy atom. The molecule has 0 aromatic carbocycles. The predicted octanol–water partition coefficient (Wildman–Crippen LogP) is 4.58. The molecule has 0 aliphatic carbocycles. The number of nitrogens with zero attached hydrogens (tertiary/aromatic N) is 3. The molecule has 0 spiro atoms. The number of halogens is 2. The highest BCUT2D eigenvalue weighted by molar-refractivity contribution is 9.10. The van der Waals surface area contributed by atoms with Crippen molar-refractivity contribution in [3.8, 4) is 0 Å². The molecule has 154 valence electrons. The Bertz CT molecular complexity index is 891. The largest absolute Gasteiger partial charge is 0.444 e. The molecular formula is C20H27BrFN3O3. The highest BCUT2D eigenvalue weighted by Gasteiger charge is 2.30. The number of carbonyl (C=O) groups is 1. The Morgan fingerprint density at radius 3 is 2.39 bits per heavy atom. The first-order valence-corrected chi connectivity index (χ1v) is 10.2. The van der Waals surface area contributed by atoms with Crippen molar-refractivity contribution in [2.45, 2.75) is 64.6 Å². The smallest absolute Gasteiger partial charge is 0.410 e. The van der Waals surface area contributed by atoms with Gasteiger partial charge in [0.05, 0.1) is 11.3 Å². The van der Waals surface area contributed by atoms with Gasteiger partial charge in [0, 0.05) is 41.4 Å². The zero-order valence-corrected chi connectivity index (χ0v) is 18.5. The molecule has 1 saturated heterocycles. The van der Waals surface area contributed by atoms with Crippen LogP contribution in [0.25, 0.3) is 5.65 Å². The fourth-order valence-corrected chi connectivity index (χ4v) is 4.40. The molecule has 0 unspecified atom stereocenters. The van der Waals surface area contributed by atoms with Crippen molar-refractivity contribution in [2.24, 2.45) is 0 Å². The molecule has 1 amide bonds. The van der Waals surface area contributed by atoms with E-state index in [0.29, 0.717) is 17.6 Å². The van der Waals surface area contributed by atoms with E-state index in [2.05, 4.69) is 20.9 Å². The molecule has 3 heterocycles. The Labute approximate surface area is 172 Å². The second-order valence-corrected chi connectivity index (χ2v) is 9.72. The molecule has 0 radical (unpaired) electrons. The van der Waals surface area contributed by atoms with Gasteiger partial charge in [0.1, 0.15) is 5.60 Å². The molecular weight excluding hydrogens is 429 g/mol. The molecule has 1 N–H and O–H groups in total. The van der Waals surface area contributed by atoms with E-state index < -0.39 is 17.0 Å². The SMILES string of the molecule is CC(C)(C)OC(=O)N1CCC(c2cn3cc(Br)c(C(C)(C)O)c(F)c3n2)CC1. The van der Waals surface area contributed by atoms with Gasteiger partial charge < -0.3 is 19.1 Å².